The Bertz CT molecular complexity index is 1150. The third-order valence-electron chi connectivity index (χ3n) is 13.0. The van der Waals surface area contributed by atoms with Crippen molar-refractivity contribution in [2.45, 2.75) is 244 Å². The molecule has 0 heterocycles. The maximum Gasteiger partial charge on any atom is 0.472 e. The number of hydrogen-bond donors (Lipinski definition) is 2. The molecule has 0 aliphatic carbocycles. The van der Waals surface area contributed by atoms with E-state index in [4.69, 9.17) is 37.0 Å². The van der Waals surface area contributed by atoms with Gasteiger partial charge in [0.2, 0.25) is 0 Å². The highest BCUT2D eigenvalue weighted by Crippen LogP contribution is 2.44. The molecule has 4 unspecified atom stereocenters. The van der Waals surface area contributed by atoms with Crippen molar-refractivity contribution in [3.63, 3.8) is 0 Å². The molecule has 0 aromatic rings. The Balaban J connectivity index is 4.02. The summed E-state index contributed by atoms with van der Waals surface area (Å²) >= 11 is 0. The number of ether oxygens (including phenoxy) is 4. The summed E-state index contributed by atoms with van der Waals surface area (Å²) in [6.45, 7) is 9.14. The summed E-state index contributed by atoms with van der Waals surface area (Å²) in [6, 6.07) is 0. The minimum atomic E-state index is -4.16. The summed E-state index contributed by atoms with van der Waals surface area (Å²) in [4.78, 5) is 20.4. The second-order valence-electron chi connectivity index (χ2n) is 22.7. The van der Waals surface area contributed by atoms with Crippen LogP contribution in [0.3, 0.4) is 0 Å². The molecule has 0 saturated carbocycles. The van der Waals surface area contributed by atoms with Crippen LogP contribution in [0, 0.1) is 0 Å². The summed E-state index contributed by atoms with van der Waals surface area (Å²) in [5, 5.41) is 0. The van der Waals surface area contributed by atoms with Crippen LogP contribution in [0.15, 0.2) is 0 Å². The zero-order valence-electron chi connectivity index (χ0n) is 48.4. The normalized spacial score (nSPS) is 15.0. The minimum absolute atomic E-state index is 0.0260. The third-order valence-corrected chi connectivity index (χ3v) is 15.0. The fraction of sp³-hybridized carbons (Fsp3) is 1.00. The molecule has 0 spiro atoms. The number of unbranched alkanes of at least 4 members (excludes halogenated alkanes) is 31. The molecule has 14 nitrogen and oxygen atoms in total. The molecule has 0 amide bonds. The molecule has 72 heavy (non-hydrogen) atoms. The zero-order valence-corrected chi connectivity index (χ0v) is 50.2. The van der Waals surface area contributed by atoms with Gasteiger partial charge in [0.1, 0.15) is 38.5 Å². The summed E-state index contributed by atoms with van der Waals surface area (Å²) < 4.78 is 71.5. The molecule has 0 fully saturated rings. The summed E-state index contributed by atoms with van der Waals surface area (Å²) in [7, 11) is 3.74. The number of quaternary nitrogens is 2. The van der Waals surface area contributed by atoms with Gasteiger partial charge < -0.3 is 37.7 Å². The zero-order chi connectivity index (χ0) is 53.3. The van der Waals surface area contributed by atoms with Gasteiger partial charge in [0.05, 0.1) is 68.7 Å². The van der Waals surface area contributed by atoms with Crippen molar-refractivity contribution < 1.29 is 64.9 Å². The van der Waals surface area contributed by atoms with Crippen molar-refractivity contribution in [3.05, 3.63) is 0 Å². The lowest BCUT2D eigenvalue weighted by atomic mass is 10.0. The van der Waals surface area contributed by atoms with E-state index in [0.29, 0.717) is 61.7 Å². The number of nitrogens with zero attached hydrogens (tertiary/aromatic N) is 2. The fourth-order valence-electron chi connectivity index (χ4n) is 8.22. The lowest BCUT2D eigenvalue weighted by molar-refractivity contribution is -0.870. The molecule has 16 heteroatoms. The summed E-state index contributed by atoms with van der Waals surface area (Å²) in [5.74, 6) is 0. The highest BCUT2D eigenvalue weighted by atomic mass is 31.2. The molecule has 0 aliphatic rings. The molecule has 0 saturated heterocycles. The first kappa shape index (κ1) is 72.0. The van der Waals surface area contributed by atoms with E-state index in [0.717, 1.165) is 51.4 Å². The van der Waals surface area contributed by atoms with Gasteiger partial charge in [0.25, 0.3) is 0 Å². The highest BCUT2D eigenvalue weighted by molar-refractivity contribution is 7.47. The number of likely N-dealkylation sites (N-methyl/N-ethyl adjacent to an activating group) is 2. The standard InChI is InChI=1S/C56H118N2O12P2/c1-9-11-13-15-17-33-37-41-47-65-55(53-69-71(59,60)67-49-43-57(3,4)5)51-63-45-39-35-31-29-27-25-23-21-19-20-22-24-26-28-30-32-36-40-46-64-52-56(66-48-42-38-34-18-16-14-12-10-2)54-70-72(61,62)68-50-44-58(6,7)8/h55-56H,9-54H2,1-8H3/p+2. The van der Waals surface area contributed by atoms with E-state index in [9.17, 15) is 18.9 Å². The Labute approximate surface area is 444 Å². The smallest absolute Gasteiger partial charge is 0.379 e. The van der Waals surface area contributed by atoms with E-state index in [1.807, 2.05) is 42.3 Å². The average Bonchev–Trinajstić information content (AvgIpc) is 3.31. The van der Waals surface area contributed by atoms with Crippen molar-refractivity contribution in [1.29, 1.82) is 0 Å². The van der Waals surface area contributed by atoms with Crippen LogP contribution < -0.4 is 0 Å². The van der Waals surface area contributed by atoms with Gasteiger partial charge in [-0.05, 0) is 25.7 Å². The summed E-state index contributed by atoms with van der Waals surface area (Å²) in [5.41, 5.74) is 0. The van der Waals surface area contributed by atoms with Crippen molar-refractivity contribution in [3.8, 4) is 0 Å². The van der Waals surface area contributed by atoms with Gasteiger partial charge in [-0.25, -0.2) is 9.13 Å². The molecular weight excluding hydrogens is 955 g/mol. The van der Waals surface area contributed by atoms with Gasteiger partial charge in [-0.15, -0.1) is 0 Å². The van der Waals surface area contributed by atoms with Crippen molar-refractivity contribution in [2.75, 3.05) is 121 Å². The molecule has 2 N–H and O–H groups in total. The third kappa shape index (κ3) is 56.2. The van der Waals surface area contributed by atoms with E-state index in [1.54, 1.807) is 0 Å². The van der Waals surface area contributed by atoms with Gasteiger partial charge >= 0.3 is 15.6 Å². The lowest BCUT2D eigenvalue weighted by Gasteiger charge is -2.24. The fourth-order valence-corrected chi connectivity index (χ4v) is 9.70. The lowest BCUT2D eigenvalue weighted by Crippen LogP contribution is -2.37. The quantitative estimate of drug-likeness (QED) is 0.0339. The number of phosphoric acid groups is 2. The maximum atomic E-state index is 12.5. The SMILES string of the molecule is CCCCCCCCCCOC(COCCCCCCCCCCCCCCCCCCCCOCC(COP(=O)(O)OCC[N+](C)(C)C)OCCCCCCCCCC)COP(=O)(O)OCC[N+](C)(C)C. The Morgan fingerprint density at radius 3 is 0.806 bits per heavy atom. The van der Waals surface area contributed by atoms with E-state index in [-0.39, 0.29) is 26.4 Å². The molecule has 4 atom stereocenters. The first-order chi connectivity index (χ1) is 34.5. The molecule has 0 radical (unpaired) electrons. The van der Waals surface area contributed by atoms with Crippen molar-refractivity contribution >= 4 is 15.6 Å². The predicted molar refractivity (Wildman–Crippen MR) is 299 cm³/mol. The highest BCUT2D eigenvalue weighted by Gasteiger charge is 2.26. The predicted octanol–water partition coefficient (Wildman–Crippen LogP) is 14.8. The number of phosphoric ester groups is 2. The topological polar surface area (TPSA) is 148 Å². The van der Waals surface area contributed by atoms with E-state index in [1.165, 1.54) is 167 Å². The Morgan fingerprint density at radius 1 is 0.319 bits per heavy atom. The maximum absolute atomic E-state index is 12.5. The molecule has 434 valence electrons. The van der Waals surface area contributed by atoms with E-state index >= 15 is 0 Å². The Kier molecular flexibility index (Phi) is 49.3. The van der Waals surface area contributed by atoms with Crippen LogP contribution in [-0.2, 0) is 46.2 Å². The van der Waals surface area contributed by atoms with Crippen LogP contribution in [0.2, 0.25) is 0 Å². The van der Waals surface area contributed by atoms with Crippen LogP contribution in [0.4, 0.5) is 0 Å². The molecule has 0 aromatic carbocycles. The minimum Gasteiger partial charge on any atom is -0.379 e. The van der Waals surface area contributed by atoms with Gasteiger partial charge in [-0.3, -0.25) is 18.1 Å². The Morgan fingerprint density at radius 2 is 0.556 bits per heavy atom. The molecule has 0 aliphatic heterocycles. The second-order valence-corrected chi connectivity index (χ2v) is 25.6. The van der Waals surface area contributed by atoms with Gasteiger partial charge in [0.15, 0.2) is 0 Å². The van der Waals surface area contributed by atoms with E-state index < -0.39 is 27.9 Å². The molecule has 0 bridgehead atoms. The first-order valence-electron chi connectivity index (χ1n) is 29.7. The monoisotopic (exact) mass is 1070 g/mol. The van der Waals surface area contributed by atoms with Crippen LogP contribution in [0.1, 0.15) is 232 Å². The average molecular weight is 1080 g/mol. The summed E-state index contributed by atoms with van der Waals surface area (Å²) in [6.07, 6.45) is 41.5. The molecule has 0 aromatic heterocycles. The van der Waals surface area contributed by atoms with Crippen molar-refractivity contribution in [2.24, 2.45) is 0 Å². The van der Waals surface area contributed by atoms with Gasteiger partial charge in [-0.1, -0.05) is 206 Å². The van der Waals surface area contributed by atoms with Crippen LogP contribution in [-0.4, -0.2) is 152 Å². The molecule has 0 rings (SSSR count). The largest absolute Gasteiger partial charge is 0.472 e. The van der Waals surface area contributed by atoms with Crippen molar-refractivity contribution in [1.82, 2.24) is 0 Å². The first-order valence-corrected chi connectivity index (χ1v) is 32.7. The number of rotatable bonds is 59. The number of hydrogen-bond acceptors (Lipinski definition) is 10. The van der Waals surface area contributed by atoms with E-state index in [2.05, 4.69) is 13.8 Å². The molecular formula is C56H120N2O12P2+2. The Hall–Kier alpha value is -0.0200. The van der Waals surface area contributed by atoms with Gasteiger partial charge in [-0.2, -0.15) is 0 Å². The van der Waals surface area contributed by atoms with Crippen LogP contribution >= 0.6 is 15.6 Å². The van der Waals surface area contributed by atoms with Crippen LogP contribution in [0.5, 0.6) is 0 Å². The van der Waals surface area contributed by atoms with Crippen LogP contribution in [0.25, 0.3) is 0 Å². The second kappa shape index (κ2) is 49.3. The van der Waals surface area contributed by atoms with Gasteiger partial charge in [0, 0.05) is 26.4 Å².